The van der Waals surface area contributed by atoms with Crippen molar-refractivity contribution in [2.24, 2.45) is 0 Å². The first-order valence-electron chi connectivity index (χ1n) is 5.25. The molecular formula is C13H11Cl2FN2. The zero-order chi connectivity index (χ0) is 13.3. The molecule has 0 aliphatic rings. The highest BCUT2D eigenvalue weighted by molar-refractivity contribution is 6.34. The summed E-state index contributed by atoms with van der Waals surface area (Å²) in [5, 5.41) is 3.86. The highest BCUT2D eigenvalue weighted by Gasteiger charge is 2.07. The highest BCUT2D eigenvalue weighted by atomic mass is 35.5. The van der Waals surface area contributed by atoms with Crippen LogP contribution in [0.25, 0.3) is 0 Å². The van der Waals surface area contributed by atoms with Crippen LogP contribution in [-0.2, 0) is 0 Å². The molecular weight excluding hydrogens is 274 g/mol. The molecule has 0 saturated heterocycles. The van der Waals surface area contributed by atoms with Gasteiger partial charge in [-0.25, -0.2) is 4.39 Å². The molecule has 5 heteroatoms. The van der Waals surface area contributed by atoms with Gasteiger partial charge in [-0.2, -0.15) is 0 Å². The molecule has 0 aliphatic carbocycles. The molecule has 0 saturated carbocycles. The second kappa shape index (κ2) is 5.04. The molecule has 0 heterocycles. The summed E-state index contributed by atoms with van der Waals surface area (Å²) in [6.07, 6.45) is 0. The Morgan fingerprint density at radius 1 is 1.06 bits per heavy atom. The minimum atomic E-state index is -0.377. The minimum Gasteiger partial charge on any atom is -0.398 e. The number of benzene rings is 2. The number of rotatable bonds is 2. The summed E-state index contributed by atoms with van der Waals surface area (Å²) in [5.74, 6) is -0.377. The van der Waals surface area contributed by atoms with E-state index in [4.69, 9.17) is 28.9 Å². The Balaban J connectivity index is 2.37. The van der Waals surface area contributed by atoms with Gasteiger partial charge in [-0.15, -0.1) is 0 Å². The summed E-state index contributed by atoms with van der Waals surface area (Å²) < 4.78 is 12.9. The Bertz CT molecular complexity index is 600. The van der Waals surface area contributed by atoms with Crippen LogP contribution in [0.1, 0.15) is 5.56 Å². The maximum absolute atomic E-state index is 12.9. The fourth-order valence-electron chi connectivity index (χ4n) is 1.57. The van der Waals surface area contributed by atoms with Gasteiger partial charge in [-0.3, -0.25) is 0 Å². The summed E-state index contributed by atoms with van der Waals surface area (Å²) in [6, 6.07) is 7.63. The Hall–Kier alpha value is -1.45. The molecule has 0 bridgehead atoms. The fraction of sp³-hybridized carbons (Fsp3) is 0.0769. The van der Waals surface area contributed by atoms with Crippen LogP contribution in [0.3, 0.4) is 0 Å². The van der Waals surface area contributed by atoms with Crippen molar-refractivity contribution in [1.82, 2.24) is 0 Å². The Kier molecular flexibility index (Phi) is 3.64. The Morgan fingerprint density at radius 3 is 2.44 bits per heavy atom. The number of hydrogen-bond acceptors (Lipinski definition) is 2. The third-order valence-electron chi connectivity index (χ3n) is 2.54. The van der Waals surface area contributed by atoms with E-state index in [1.807, 2.05) is 6.92 Å². The van der Waals surface area contributed by atoms with Gasteiger partial charge in [0.15, 0.2) is 0 Å². The summed E-state index contributed by atoms with van der Waals surface area (Å²) in [7, 11) is 0. The van der Waals surface area contributed by atoms with E-state index < -0.39 is 0 Å². The maximum Gasteiger partial charge on any atom is 0.124 e. The average Bonchev–Trinajstić information content (AvgIpc) is 2.29. The molecule has 2 aromatic rings. The number of aryl methyl sites for hydroxylation is 1. The molecule has 3 N–H and O–H groups in total. The molecule has 0 spiro atoms. The van der Waals surface area contributed by atoms with Crippen molar-refractivity contribution < 1.29 is 4.39 Å². The molecule has 0 unspecified atom stereocenters. The van der Waals surface area contributed by atoms with E-state index in [1.54, 1.807) is 18.2 Å². The molecule has 0 radical (unpaired) electrons. The molecule has 2 rings (SSSR count). The van der Waals surface area contributed by atoms with Gasteiger partial charge in [-0.1, -0.05) is 23.2 Å². The normalized spacial score (nSPS) is 10.4. The quantitative estimate of drug-likeness (QED) is 0.780. The van der Waals surface area contributed by atoms with E-state index in [2.05, 4.69) is 5.32 Å². The maximum atomic E-state index is 12.9. The van der Waals surface area contributed by atoms with Gasteiger partial charge >= 0.3 is 0 Å². The highest BCUT2D eigenvalue weighted by Crippen LogP contribution is 2.31. The lowest BCUT2D eigenvalue weighted by Gasteiger charge is -2.12. The van der Waals surface area contributed by atoms with Crippen molar-refractivity contribution in [2.45, 2.75) is 6.92 Å². The number of nitrogen functional groups attached to an aromatic ring is 1. The molecule has 0 amide bonds. The zero-order valence-corrected chi connectivity index (χ0v) is 11.1. The van der Waals surface area contributed by atoms with E-state index in [1.165, 1.54) is 12.1 Å². The third-order valence-corrected chi connectivity index (χ3v) is 3.18. The lowest BCUT2D eigenvalue weighted by atomic mass is 10.1. The van der Waals surface area contributed by atoms with Crippen molar-refractivity contribution >= 4 is 40.3 Å². The van der Waals surface area contributed by atoms with Crippen molar-refractivity contribution in [3.63, 3.8) is 0 Å². The fourth-order valence-corrected chi connectivity index (χ4v) is 1.95. The number of nitrogens with one attached hydrogen (secondary N) is 1. The molecule has 18 heavy (non-hydrogen) atoms. The SMILES string of the molecule is Cc1cc(N)c(Cl)cc1Nc1ccc(F)cc1Cl. The molecule has 0 aliphatic heterocycles. The third kappa shape index (κ3) is 2.68. The summed E-state index contributed by atoms with van der Waals surface area (Å²) in [6.45, 7) is 1.90. The van der Waals surface area contributed by atoms with Crippen molar-refractivity contribution in [3.05, 3.63) is 51.8 Å². The molecule has 0 fully saturated rings. The lowest BCUT2D eigenvalue weighted by molar-refractivity contribution is 0.628. The molecule has 94 valence electrons. The predicted octanol–water partition coefficient (Wildman–Crippen LogP) is 4.77. The van der Waals surface area contributed by atoms with Crippen LogP contribution in [0.2, 0.25) is 10.0 Å². The van der Waals surface area contributed by atoms with Gasteiger partial charge in [0.1, 0.15) is 5.82 Å². The first-order chi connectivity index (χ1) is 8.47. The van der Waals surface area contributed by atoms with Gasteiger partial charge in [-0.05, 0) is 42.8 Å². The van der Waals surface area contributed by atoms with Crippen molar-refractivity contribution in [1.29, 1.82) is 0 Å². The summed E-state index contributed by atoms with van der Waals surface area (Å²) >= 11 is 11.9. The van der Waals surface area contributed by atoms with Crippen molar-refractivity contribution in [3.8, 4) is 0 Å². The molecule has 2 aromatic carbocycles. The number of anilines is 3. The predicted molar refractivity (Wildman–Crippen MR) is 75.3 cm³/mol. The largest absolute Gasteiger partial charge is 0.398 e. The first kappa shape index (κ1) is 13.0. The molecule has 2 nitrogen and oxygen atoms in total. The Labute approximate surface area is 115 Å². The van der Waals surface area contributed by atoms with Gasteiger partial charge in [0.2, 0.25) is 0 Å². The summed E-state index contributed by atoms with van der Waals surface area (Å²) in [5.41, 5.74) is 8.54. The number of hydrogen-bond donors (Lipinski definition) is 2. The lowest BCUT2D eigenvalue weighted by Crippen LogP contribution is -1.96. The van der Waals surface area contributed by atoms with E-state index in [9.17, 15) is 4.39 Å². The van der Waals surface area contributed by atoms with Gasteiger partial charge in [0, 0.05) is 5.69 Å². The van der Waals surface area contributed by atoms with E-state index in [0.717, 1.165) is 11.3 Å². The monoisotopic (exact) mass is 284 g/mol. The Morgan fingerprint density at radius 2 is 1.78 bits per heavy atom. The van der Waals surface area contributed by atoms with Crippen LogP contribution < -0.4 is 11.1 Å². The second-order valence-electron chi connectivity index (χ2n) is 3.94. The van der Waals surface area contributed by atoms with Crippen LogP contribution in [-0.4, -0.2) is 0 Å². The topological polar surface area (TPSA) is 38.0 Å². The standard InChI is InChI=1S/C13H11Cl2FN2/c1-7-4-11(17)9(14)6-13(7)18-12-3-2-8(16)5-10(12)15/h2-6,18H,17H2,1H3. The van der Waals surface area contributed by atoms with Crippen molar-refractivity contribution in [2.75, 3.05) is 11.1 Å². The zero-order valence-electron chi connectivity index (χ0n) is 9.60. The smallest absolute Gasteiger partial charge is 0.124 e. The molecule has 0 atom stereocenters. The van der Waals surface area contributed by atoms with Gasteiger partial charge in [0.05, 0.1) is 21.4 Å². The minimum absolute atomic E-state index is 0.308. The van der Waals surface area contributed by atoms with E-state index >= 15 is 0 Å². The average molecular weight is 285 g/mol. The summed E-state index contributed by atoms with van der Waals surface area (Å²) in [4.78, 5) is 0. The van der Waals surface area contributed by atoms with Crippen LogP contribution >= 0.6 is 23.2 Å². The van der Waals surface area contributed by atoms with Gasteiger partial charge < -0.3 is 11.1 Å². The number of nitrogens with two attached hydrogens (primary N) is 1. The van der Waals surface area contributed by atoms with Crippen LogP contribution in [0, 0.1) is 12.7 Å². The number of halogens is 3. The first-order valence-corrected chi connectivity index (χ1v) is 6.00. The van der Waals surface area contributed by atoms with E-state index in [-0.39, 0.29) is 5.82 Å². The molecule has 0 aromatic heterocycles. The van der Waals surface area contributed by atoms with Crippen LogP contribution in [0.4, 0.5) is 21.5 Å². The van der Waals surface area contributed by atoms with E-state index in [0.29, 0.717) is 21.4 Å². The van der Waals surface area contributed by atoms with Crippen LogP contribution in [0.5, 0.6) is 0 Å². The second-order valence-corrected chi connectivity index (χ2v) is 4.75. The van der Waals surface area contributed by atoms with Crippen LogP contribution in [0.15, 0.2) is 30.3 Å². The van der Waals surface area contributed by atoms with Gasteiger partial charge in [0.25, 0.3) is 0 Å².